The van der Waals surface area contributed by atoms with Crippen LogP contribution in [0.15, 0.2) is 85.3 Å². The molecule has 0 saturated heterocycles. The molecule has 1 atom stereocenters. The zero-order valence-electron chi connectivity index (χ0n) is 22.1. The summed E-state index contributed by atoms with van der Waals surface area (Å²) in [6.07, 6.45) is 5.86. The Bertz CT molecular complexity index is 1950. The smallest absolute Gasteiger partial charge is 0.296 e. The van der Waals surface area contributed by atoms with Crippen LogP contribution < -0.4 is 20.7 Å². The standard InChI is InChI=1S/C32H23N5O5/c38-29-24-11-17(5-7-27(24)36-31(29)40)18-10-22(15-33-13-18)42-16-21(9-19-14-34-26-4-2-1-3-23(19)26)35-20-6-8-28-25(12-20)30(39)32(41)37-28/h1-8,10-15,21,34-35H,9,16H2,(H,36,38,40)(H,37,39,41)/t21-/m0/s1. The molecule has 0 unspecified atom stereocenters. The van der Waals surface area contributed by atoms with Gasteiger partial charge in [-0.15, -0.1) is 0 Å². The number of ether oxygens (including phenoxy) is 1. The Hall–Kier alpha value is -5.77. The number of ketones is 2. The molecule has 0 radical (unpaired) electrons. The molecule has 0 bridgehead atoms. The van der Waals surface area contributed by atoms with Crippen LogP contribution in [-0.4, -0.2) is 46.0 Å². The number of nitrogens with one attached hydrogen (secondary N) is 4. The fourth-order valence-corrected chi connectivity index (χ4v) is 5.36. The van der Waals surface area contributed by atoms with Crippen molar-refractivity contribution >= 4 is 51.3 Å². The Kier molecular flexibility index (Phi) is 6.01. The molecule has 0 saturated carbocycles. The number of nitrogens with zero attached hydrogens (tertiary/aromatic N) is 1. The number of pyridine rings is 1. The summed E-state index contributed by atoms with van der Waals surface area (Å²) in [7, 11) is 0. The van der Waals surface area contributed by atoms with Crippen LogP contribution in [0.5, 0.6) is 5.75 Å². The average molecular weight is 558 g/mol. The first-order chi connectivity index (χ1) is 20.4. The number of aromatic amines is 1. The largest absolute Gasteiger partial charge is 0.490 e. The number of para-hydroxylation sites is 1. The van der Waals surface area contributed by atoms with Gasteiger partial charge >= 0.3 is 0 Å². The van der Waals surface area contributed by atoms with Gasteiger partial charge in [0.05, 0.1) is 34.7 Å². The van der Waals surface area contributed by atoms with Crippen LogP contribution in [0.3, 0.4) is 0 Å². The number of Topliss-reactive ketones (excluding diaryl/α,β-unsaturated/α-hetero) is 2. The molecule has 10 nitrogen and oxygen atoms in total. The Morgan fingerprint density at radius 3 is 2.33 bits per heavy atom. The molecule has 2 aromatic heterocycles. The maximum Gasteiger partial charge on any atom is 0.296 e. The number of amides is 2. The van der Waals surface area contributed by atoms with E-state index in [-0.39, 0.29) is 12.6 Å². The third-order valence-corrected chi connectivity index (χ3v) is 7.45. The molecule has 4 N–H and O–H groups in total. The van der Waals surface area contributed by atoms with Gasteiger partial charge in [-0.05, 0) is 60.0 Å². The number of aromatic nitrogens is 2. The van der Waals surface area contributed by atoms with Crippen molar-refractivity contribution < 1.29 is 23.9 Å². The van der Waals surface area contributed by atoms with Gasteiger partial charge in [-0.25, -0.2) is 0 Å². The lowest BCUT2D eigenvalue weighted by molar-refractivity contribution is -0.112. The SMILES string of the molecule is O=C1Nc2ccc(N[C@H](COc3cncc(-c4ccc5c(c4)C(=O)C(=O)N5)c3)Cc3c[nH]c4ccccc34)cc2C1=O. The number of anilines is 3. The highest BCUT2D eigenvalue weighted by Gasteiger charge is 2.29. The second kappa shape index (κ2) is 10.0. The highest BCUT2D eigenvalue weighted by atomic mass is 16.5. The average Bonchev–Trinajstić information content (AvgIpc) is 3.64. The van der Waals surface area contributed by atoms with E-state index in [4.69, 9.17) is 4.74 Å². The Balaban J connectivity index is 1.14. The molecule has 42 heavy (non-hydrogen) atoms. The molecule has 2 amide bonds. The number of hydrogen-bond donors (Lipinski definition) is 4. The van der Waals surface area contributed by atoms with E-state index >= 15 is 0 Å². The zero-order valence-corrected chi connectivity index (χ0v) is 22.1. The van der Waals surface area contributed by atoms with Crippen LogP contribution in [0.1, 0.15) is 26.3 Å². The lowest BCUT2D eigenvalue weighted by Gasteiger charge is -2.21. The number of rotatable bonds is 8. The van der Waals surface area contributed by atoms with E-state index in [2.05, 4.69) is 32.0 Å². The number of hydrogen-bond acceptors (Lipinski definition) is 7. The first-order valence-electron chi connectivity index (χ1n) is 13.3. The maximum atomic E-state index is 12.3. The van der Waals surface area contributed by atoms with Crippen LogP contribution in [0.2, 0.25) is 0 Å². The zero-order chi connectivity index (χ0) is 28.8. The Labute approximate surface area is 239 Å². The molecule has 0 aliphatic carbocycles. The van der Waals surface area contributed by atoms with Crippen molar-refractivity contribution in [2.24, 2.45) is 0 Å². The Morgan fingerprint density at radius 2 is 1.52 bits per heavy atom. The molecule has 4 heterocycles. The van der Waals surface area contributed by atoms with E-state index in [1.165, 1.54) is 0 Å². The van der Waals surface area contributed by atoms with Crippen LogP contribution in [0.25, 0.3) is 22.0 Å². The van der Waals surface area contributed by atoms with Gasteiger partial charge in [0.15, 0.2) is 0 Å². The fourth-order valence-electron chi connectivity index (χ4n) is 5.36. The summed E-state index contributed by atoms with van der Waals surface area (Å²) in [5.74, 6) is -1.87. The van der Waals surface area contributed by atoms with Gasteiger partial charge in [-0.3, -0.25) is 24.2 Å². The molecule has 3 aromatic carbocycles. The summed E-state index contributed by atoms with van der Waals surface area (Å²) < 4.78 is 6.22. The first kappa shape index (κ1) is 25.2. The molecule has 206 valence electrons. The molecule has 0 fully saturated rings. The van der Waals surface area contributed by atoms with E-state index < -0.39 is 23.4 Å². The van der Waals surface area contributed by atoms with Gasteiger partial charge in [0, 0.05) is 34.5 Å². The lowest BCUT2D eigenvalue weighted by atomic mass is 10.0. The summed E-state index contributed by atoms with van der Waals surface area (Å²) in [6.45, 7) is 0.258. The van der Waals surface area contributed by atoms with Crippen LogP contribution in [0, 0.1) is 0 Å². The van der Waals surface area contributed by atoms with Gasteiger partial charge in [0.1, 0.15) is 12.4 Å². The van der Waals surface area contributed by atoms with Gasteiger partial charge in [0.25, 0.3) is 23.4 Å². The molecule has 2 aliphatic heterocycles. The summed E-state index contributed by atoms with van der Waals surface area (Å²) in [6, 6.07) is 20.0. The van der Waals surface area contributed by atoms with Crippen LogP contribution in [0.4, 0.5) is 17.1 Å². The number of fused-ring (bicyclic) bond motifs is 3. The molecular weight excluding hydrogens is 534 g/mol. The molecule has 2 aliphatic rings. The van der Waals surface area contributed by atoms with Crippen molar-refractivity contribution in [2.75, 3.05) is 22.6 Å². The van der Waals surface area contributed by atoms with Gasteiger partial charge < -0.3 is 25.7 Å². The number of H-pyrrole nitrogens is 1. The van der Waals surface area contributed by atoms with Crippen molar-refractivity contribution in [2.45, 2.75) is 12.5 Å². The highest BCUT2D eigenvalue weighted by molar-refractivity contribution is 6.52. The highest BCUT2D eigenvalue weighted by Crippen LogP contribution is 2.31. The second-order valence-electron chi connectivity index (χ2n) is 10.2. The predicted octanol–water partition coefficient (Wildman–Crippen LogP) is 4.60. The number of carbonyl (C=O) groups excluding carboxylic acids is 4. The number of benzene rings is 3. The van der Waals surface area contributed by atoms with Gasteiger partial charge in [-0.2, -0.15) is 0 Å². The third-order valence-electron chi connectivity index (χ3n) is 7.45. The molecule has 0 spiro atoms. The monoisotopic (exact) mass is 557 g/mol. The summed E-state index contributed by atoms with van der Waals surface area (Å²) in [5, 5.41) is 9.71. The van der Waals surface area contributed by atoms with Crippen molar-refractivity contribution in [3.05, 3.63) is 102 Å². The fraction of sp³-hybridized carbons (Fsp3) is 0.0938. The minimum absolute atomic E-state index is 0.221. The van der Waals surface area contributed by atoms with Crippen molar-refractivity contribution in [3.8, 4) is 16.9 Å². The van der Waals surface area contributed by atoms with Crippen molar-refractivity contribution in [1.82, 2.24) is 9.97 Å². The minimum atomic E-state index is -0.637. The van der Waals surface area contributed by atoms with E-state index in [9.17, 15) is 19.2 Å². The van der Waals surface area contributed by atoms with Crippen molar-refractivity contribution in [1.29, 1.82) is 0 Å². The second-order valence-corrected chi connectivity index (χ2v) is 10.2. The van der Waals surface area contributed by atoms with Crippen LogP contribution >= 0.6 is 0 Å². The summed E-state index contributed by atoms with van der Waals surface area (Å²) >= 11 is 0. The lowest BCUT2D eigenvalue weighted by Crippen LogP contribution is -2.29. The van der Waals surface area contributed by atoms with Crippen LogP contribution in [-0.2, 0) is 16.0 Å². The molecule has 10 heteroatoms. The topological polar surface area (TPSA) is 142 Å². The quantitative estimate of drug-likeness (QED) is 0.204. The summed E-state index contributed by atoms with van der Waals surface area (Å²) in [4.78, 5) is 55.7. The molecule has 5 aromatic rings. The maximum absolute atomic E-state index is 12.3. The first-order valence-corrected chi connectivity index (χ1v) is 13.3. The molecule has 7 rings (SSSR count). The number of carbonyl (C=O) groups is 4. The van der Waals surface area contributed by atoms with Gasteiger partial charge in [-0.1, -0.05) is 24.3 Å². The normalized spacial score (nSPS) is 14.4. The Morgan fingerprint density at radius 1 is 0.786 bits per heavy atom. The third kappa shape index (κ3) is 4.54. The van der Waals surface area contributed by atoms with E-state index in [1.807, 2.05) is 42.6 Å². The minimum Gasteiger partial charge on any atom is -0.490 e. The predicted molar refractivity (Wildman–Crippen MR) is 157 cm³/mol. The van der Waals surface area contributed by atoms with E-state index in [0.29, 0.717) is 40.4 Å². The molecular formula is C32H23N5O5. The summed E-state index contributed by atoms with van der Waals surface area (Å²) in [5.41, 5.74) is 5.93. The van der Waals surface area contributed by atoms with Crippen molar-refractivity contribution in [3.63, 3.8) is 0 Å². The van der Waals surface area contributed by atoms with E-state index in [1.54, 1.807) is 36.7 Å². The van der Waals surface area contributed by atoms with E-state index in [0.717, 1.165) is 27.6 Å². The van der Waals surface area contributed by atoms with Gasteiger partial charge in [0.2, 0.25) is 0 Å².